The van der Waals surface area contributed by atoms with Gasteiger partial charge in [-0.25, -0.2) is 0 Å². The molecule has 1 aliphatic carbocycles. The highest BCUT2D eigenvalue weighted by atomic mass is 16.3. The van der Waals surface area contributed by atoms with E-state index in [1.807, 2.05) is 12.1 Å². The zero-order valence-electron chi connectivity index (χ0n) is 37.8. The minimum atomic E-state index is -0.518. The van der Waals surface area contributed by atoms with Crippen molar-refractivity contribution in [3.8, 4) is 55.6 Å². The Balaban J connectivity index is 1.02. The number of benzene rings is 11. The number of anilines is 3. The van der Waals surface area contributed by atoms with Crippen LogP contribution in [0.2, 0.25) is 0 Å². The molecule has 0 saturated carbocycles. The molecule has 2 heteroatoms. The maximum Gasteiger partial charge on any atom is 0.143 e. The summed E-state index contributed by atoms with van der Waals surface area (Å²) in [5.74, 6) is 0. The molecule has 1 heterocycles. The van der Waals surface area contributed by atoms with Crippen molar-refractivity contribution in [1.29, 1.82) is 0 Å². The van der Waals surface area contributed by atoms with Gasteiger partial charge < -0.3 is 9.32 Å². The van der Waals surface area contributed by atoms with Crippen molar-refractivity contribution in [3.05, 3.63) is 295 Å². The van der Waals surface area contributed by atoms with Crippen LogP contribution in [0.25, 0.3) is 77.6 Å². The van der Waals surface area contributed by atoms with Gasteiger partial charge in [0.2, 0.25) is 0 Å². The molecule has 0 saturated heterocycles. The van der Waals surface area contributed by atoms with Gasteiger partial charge in [0, 0.05) is 33.2 Å². The van der Waals surface area contributed by atoms with E-state index >= 15 is 0 Å². The van der Waals surface area contributed by atoms with Crippen LogP contribution in [0, 0.1) is 0 Å². The quantitative estimate of drug-likeness (QED) is 0.144. The van der Waals surface area contributed by atoms with E-state index in [9.17, 15) is 0 Å². The topological polar surface area (TPSA) is 16.4 Å². The molecule has 0 N–H and O–H groups in total. The Morgan fingerprint density at radius 1 is 0.290 bits per heavy atom. The summed E-state index contributed by atoms with van der Waals surface area (Å²) < 4.78 is 6.54. The molecule has 0 fully saturated rings. The predicted molar refractivity (Wildman–Crippen MR) is 287 cm³/mol. The molecular formula is C67H45NO. The highest BCUT2D eigenvalue weighted by Crippen LogP contribution is 2.59. The summed E-state index contributed by atoms with van der Waals surface area (Å²) in [6.45, 7) is 0. The van der Waals surface area contributed by atoms with Crippen molar-refractivity contribution in [3.63, 3.8) is 0 Å². The molecule has 0 bridgehead atoms. The minimum absolute atomic E-state index is 0.518. The molecule has 12 aromatic rings. The van der Waals surface area contributed by atoms with Crippen molar-refractivity contribution >= 4 is 39.0 Å². The van der Waals surface area contributed by atoms with Crippen LogP contribution >= 0.6 is 0 Å². The minimum Gasteiger partial charge on any atom is -0.455 e. The molecule has 11 aromatic carbocycles. The molecule has 0 spiro atoms. The Morgan fingerprint density at radius 3 is 1.48 bits per heavy atom. The highest BCUT2D eigenvalue weighted by Gasteiger charge is 2.47. The molecule has 13 rings (SSSR count). The fraction of sp³-hybridized carbons (Fsp3) is 0.0149. The van der Waals surface area contributed by atoms with Crippen molar-refractivity contribution in [1.82, 2.24) is 0 Å². The number of nitrogens with zero attached hydrogens (tertiary/aromatic N) is 1. The summed E-state index contributed by atoms with van der Waals surface area (Å²) in [4.78, 5) is 2.46. The van der Waals surface area contributed by atoms with Crippen molar-refractivity contribution in [2.45, 2.75) is 5.41 Å². The smallest absolute Gasteiger partial charge is 0.143 e. The van der Waals surface area contributed by atoms with Gasteiger partial charge in [0.25, 0.3) is 0 Å². The Morgan fingerprint density at radius 2 is 0.754 bits per heavy atom. The molecule has 324 valence electrons. The largest absolute Gasteiger partial charge is 0.455 e. The summed E-state index contributed by atoms with van der Waals surface area (Å²) in [5.41, 5.74) is 21.2. The maximum atomic E-state index is 6.54. The van der Waals surface area contributed by atoms with Gasteiger partial charge in [-0.15, -0.1) is 0 Å². The van der Waals surface area contributed by atoms with Gasteiger partial charge in [-0.1, -0.05) is 243 Å². The first-order valence-corrected chi connectivity index (χ1v) is 23.8. The number of fused-ring (bicyclic) bond motifs is 6. The number of furan rings is 1. The average Bonchev–Trinajstić information content (AvgIpc) is 3.97. The molecule has 2 nitrogen and oxygen atoms in total. The third-order valence-electron chi connectivity index (χ3n) is 14.2. The van der Waals surface area contributed by atoms with E-state index in [0.29, 0.717) is 0 Å². The zero-order chi connectivity index (χ0) is 45.7. The second-order valence-electron chi connectivity index (χ2n) is 17.9. The lowest BCUT2D eigenvalue weighted by molar-refractivity contribution is 0.670. The lowest BCUT2D eigenvalue weighted by Gasteiger charge is -2.34. The van der Waals surface area contributed by atoms with Crippen LogP contribution in [0.4, 0.5) is 17.1 Å². The lowest BCUT2D eigenvalue weighted by atomic mass is 9.67. The highest BCUT2D eigenvalue weighted by molar-refractivity contribution is 6.10. The van der Waals surface area contributed by atoms with E-state index in [-0.39, 0.29) is 0 Å². The van der Waals surface area contributed by atoms with Crippen LogP contribution in [-0.2, 0) is 5.41 Å². The summed E-state index contributed by atoms with van der Waals surface area (Å²) in [7, 11) is 0. The second-order valence-corrected chi connectivity index (χ2v) is 17.9. The molecule has 0 radical (unpaired) electrons. The fourth-order valence-electron chi connectivity index (χ4n) is 11.2. The fourth-order valence-corrected chi connectivity index (χ4v) is 11.2. The monoisotopic (exact) mass is 879 g/mol. The molecule has 0 amide bonds. The summed E-state index contributed by atoms with van der Waals surface area (Å²) in [5, 5.41) is 2.25. The van der Waals surface area contributed by atoms with Crippen LogP contribution in [0.15, 0.2) is 277 Å². The Kier molecular flexibility index (Phi) is 9.77. The zero-order valence-corrected chi connectivity index (χ0v) is 37.8. The number of hydrogen-bond donors (Lipinski definition) is 0. The van der Waals surface area contributed by atoms with E-state index in [2.05, 4.69) is 266 Å². The van der Waals surface area contributed by atoms with Crippen LogP contribution in [0.5, 0.6) is 0 Å². The summed E-state index contributed by atoms with van der Waals surface area (Å²) in [6.07, 6.45) is 0. The van der Waals surface area contributed by atoms with Crippen LogP contribution < -0.4 is 4.90 Å². The van der Waals surface area contributed by atoms with Gasteiger partial charge in [0.15, 0.2) is 0 Å². The van der Waals surface area contributed by atoms with Crippen LogP contribution in [0.3, 0.4) is 0 Å². The van der Waals surface area contributed by atoms with Crippen molar-refractivity contribution in [2.75, 3.05) is 4.90 Å². The maximum absolute atomic E-state index is 6.54. The summed E-state index contributed by atoms with van der Waals surface area (Å²) >= 11 is 0. The summed E-state index contributed by atoms with van der Waals surface area (Å²) in [6, 6.07) is 99.3. The lowest BCUT2D eigenvalue weighted by Crippen LogP contribution is -2.28. The van der Waals surface area contributed by atoms with E-state index in [1.165, 1.54) is 50.1 Å². The molecule has 1 aliphatic rings. The van der Waals surface area contributed by atoms with Gasteiger partial charge in [-0.3, -0.25) is 0 Å². The predicted octanol–water partition coefficient (Wildman–Crippen LogP) is 18.1. The van der Waals surface area contributed by atoms with E-state index in [1.54, 1.807) is 0 Å². The van der Waals surface area contributed by atoms with Gasteiger partial charge in [-0.05, 0) is 91.5 Å². The van der Waals surface area contributed by atoms with E-state index in [0.717, 1.165) is 66.8 Å². The molecule has 0 atom stereocenters. The molecular weight excluding hydrogens is 835 g/mol. The Bertz CT molecular complexity index is 3780. The van der Waals surface area contributed by atoms with Gasteiger partial charge >= 0.3 is 0 Å². The molecule has 0 unspecified atom stereocenters. The molecule has 0 aliphatic heterocycles. The van der Waals surface area contributed by atoms with E-state index in [4.69, 9.17) is 4.42 Å². The molecule has 69 heavy (non-hydrogen) atoms. The first-order chi connectivity index (χ1) is 34.3. The molecule has 1 aromatic heterocycles. The number of para-hydroxylation sites is 4. The Labute approximate surface area is 402 Å². The second kappa shape index (κ2) is 16.7. The third-order valence-corrected chi connectivity index (χ3v) is 14.2. The number of hydrogen-bond acceptors (Lipinski definition) is 2. The number of rotatable bonds is 9. The van der Waals surface area contributed by atoms with Gasteiger partial charge in [0.1, 0.15) is 11.2 Å². The first kappa shape index (κ1) is 40.3. The van der Waals surface area contributed by atoms with Crippen molar-refractivity contribution < 1.29 is 4.42 Å². The first-order valence-electron chi connectivity index (χ1n) is 23.8. The van der Waals surface area contributed by atoms with Crippen molar-refractivity contribution in [2.24, 2.45) is 0 Å². The van der Waals surface area contributed by atoms with E-state index < -0.39 is 5.41 Å². The van der Waals surface area contributed by atoms with Crippen LogP contribution in [-0.4, -0.2) is 0 Å². The Hall–Kier alpha value is -8.98. The SMILES string of the molecule is c1ccc(-c2ccc(-c3ccccc3N(c3ccc(-c4cccc5c4oc4ccccc45)cc3)c3ccccc3-c3cccc4c3-c3ccccc3C4(c3ccccc3)c3ccccc3)cc2)cc1. The van der Waals surface area contributed by atoms with Crippen LogP contribution in [0.1, 0.15) is 22.3 Å². The third kappa shape index (κ3) is 6.56. The van der Waals surface area contributed by atoms with Gasteiger partial charge in [-0.2, -0.15) is 0 Å². The standard InChI is InChI=1S/C67H45NO/c1-4-20-46(21-5-1)47-38-40-48(41-39-47)53-26-11-15-35-62(53)68(52-44-42-49(43-45-52)54-30-18-32-58-56-28-13-17-37-64(56)69-66(54)58)63-36-16-12-27-55(63)57-31-19-34-61-65(57)59-29-10-14-33-60(59)67(61,50-22-6-2-7-23-50)51-24-8-3-9-25-51/h1-45H. The normalized spacial score (nSPS) is 12.5. The average molecular weight is 880 g/mol. The van der Waals surface area contributed by atoms with Gasteiger partial charge in [0.05, 0.1) is 16.8 Å².